The maximum atomic E-state index is 4.43. The van der Waals surface area contributed by atoms with Crippen LogP contribution in [0.2, 0.25) is 0 Å². The molecule has 0 aliphatic carbocycles. The molecular weight excluding hydrogens is 233 g/mol. The summed E-state index contributed by atoms with van der Waals surface area (Å²) in [6, 6.07) is 0. The third-order valence-electron chi connectivity index (χ3n) is 0.726. The van der Waals surface area contributed by atoms with Gasteiger partial charge in [0.25, 0.3) is 0 Å². The minimum absolute atomic E-state index is 0.296. The molecule has 0 aromatic rings. The van der Waals surface area contributed by atoms with Crippen molar-refractivity contribution in [2.75, 3.05) is 0 Å². The van der Waals surface area contributed by atoms with E-state index in [4.69, 9.17) is 0 Å². The highest BCUT2D eigenvalue weighted by Crippen LogP contribution is 2.12. The summed E-state index contributed by atoms with van der Waals surface area (Å²) in [5.41, 5.74) is 0. The van der Waals surface area contributed by atoms with Crippen LogP contribution in [0.4, 0.5) is 0 Å². The summed E-state index contributed by atoms with van der Waals surface area (Å²) in [6.07, 6.45) is 0. The van der Waals surface area contributed by atoms with E-state index in [9.17, 15) is 0 Å². The summed E-state index contributed by atoms with van der Waals surface area (Å²) in [5, 5.41) is 2.35. The fraction of sp³-hybridized carbons (Fsp3) is 0.800. The lowest BCUT2D eigenvalue weighted by atomic mass is 10.2. The molecule has 0 heterocycles. The summed E-state index contributed by atoms with van der Waals surface area (Å²) in [6.45, 7) is 4.21. The molecule has 0 aliphatic rings. The zero-order valence-electron chi connectivity index (χ0n) is 4.89. The molecule has 0 radical (unpaired) electrons. The largest absolute Gasteiger partial charge is 0.218 e. The van der Waals surface area contributed by atoms with Crippen LogP contribution in [-0.4, -0.2) is 9.21 Å². The Hall–Kier alpha value is 0.530. The zero-order chi connectivity index (χ0) is 6.57. The number of rotatable bonds is 2. The number of thiocarbonyl (C=S) groups is 1. The van der Waals surface area contributed by atoms with Crippen LogP contribution in [-0.2, 0) is 0 Å². The highest BCUT2D eigenvalue weighted by molar-refractivity contribution is 14.1. The van der Waals surface area contributed by atoms with Gasteiger partial charge in [0.05, 0.1) is 5.16 Å². The molecule has 1 unspecified atom stereocenters. The molecular formula is C5H8INS. The van der Waals surface area contributed by atoms with Gasteiger partial charge < -0.3 is 0 Å². The van der Waals surface area contributed by atoms with Crippen molar-refractivity contribution in [2.45, 2.75) is 17.9 Å². The smallest absolute Gasteiger partial charge is 0.114 e. The van der Waals surface area contributed by atoms with E-state index in [1.165, 1.54) is 0 Å². The lowest BCUT2D eigenvalue weighted by Crippen LogP contribution is -2.01. The minimum atomic E-state index is 0.296. The molecule has 0 amide bonds. The van der Waals surface area contributed by atoms with E-state index in [-0.39, 0.29) is 0 Å². The summed E-state index contributed by atoms with van der Waals surface area (Å²) >= 11 is 6.66. The molecule has 0 fully saturated rings. The average molecular weight is 241 g/mol. The Kier molecular flexibility index (Phi) is 4.71. The molecule has 0 N–H and O–H groups in total. The van der Waals surface area contributed by atoms with Crippen LogP contribution in [0.25, 0.3) is 0 Å². The maximum Gasteiger partial charge on any atom is 0.114 e. The van der Waals surface area contributed by atoms with Crippen molar-refractivity contribution in [3.63, 3.8) is 0 Å². The van der Waals surface area contributed by atoms with Gasteiger partial charge in [0.1, 0.15) is 4.05 Å². The highest BCUT2D eigenvalue weighted by Gasteiger charge is 2.03. The molecule has 0 aromatic carbocycles. The lowest BCUT2D eigenvalue weighted by Gasteiger charge is -2.03. The molecule has 0 rings (SSSR count). The number of halogens is 1. The van der Waals surface area contributed by atoms with Gasteiger partial charge in [-0.15, -0.1) is 0 Å². The van der Waals surface area contributed by atoms with Gasteiger partial charge in [-0.1, -0.05) is 36.4 Å². The predicted octanol–water partition coefficient (Wildman–Crippen LogP) is 2.51. The molecule has 0 saturated carbocycles. The van der Waals surface area contributed by atoms with Crippen molar-refractivity contribution in [3.05, 3.63) is 0 Å². The maximum absolute atomic E-state index is 4.43. The summed E-state index contributed by atoms with van der Waals surface area (Å²) in [4.78, 5) is 3.88. The van der Waals surface area contributed by atoms with E-state index in [1.54, 1.807) is 0 Å². The zero-order valence-corrected chi connectivity index (χ0v) is 7.86. The molecule has 1 nitrogen and oxygen atoms in total. The van der Waals surface area contributed by atoms with Gasteiger partial charge in [-0.2, -0.15) is 0 Å². The Balaban J connectivity index is 3.63. The Morgan fingerprint density at radius 2 is 2.12 bits per heavy atom. The van der Waals surface area contributed by atoms with Gasteiger partial charge in [-0.25, -0.2) is 4.99 Å². The van der Waals surface area contributed by atoms with Crippen LogP contribution >= 0.6 is 34.8 Å². The van der Waals surface area contributed by atoms with Crippen LogP contribution in [0.15, 0.2) is 4.99 Å². The van der Waals surface area contributed by atoms with Crippen molar-refractivity contribution >= 4 is 40.0 Å². The second kappa shape index (κ2) is 4.41. The minimum Gasteiger partial charge on any atom is -0.218 e. The molecule has 46 valence electrons. The quantitative estimate of drug-likeness (QED) is 0.238. The first kappa shape index (κ1) is 8.53. The number of nitrogens with zero attached hydrogens (tertiary/aromatic N) is 1. The predicted molar refractivity (Wildman–Crippen MR) is 47.7 cm³/mol. The van der Waals surface area contributed by atoms with Crippen molar-refractivity contribution < 1.29 is 0 Å². The Labute approximate surface area is 68.7 Å². The number of isothiocyanates is 1. The lowest BCUT2D eigenvalue weighted by molar-refractivity contribution is 0.647. The third-order valence-corrected chi connectivity index (χ3v) is 2.55. The number of hydrogen-bond donors (Lipinski definition) is 0. The van der Waals surface area contributed by atoms with Gasteiger partial charge in [-0.05, 0) is 18.1 Å². The molecule has 3 heteroatoms. The van der Waals surface area contributed by atoms with Crippen molar-refractivity contribution in [3.8, 4) is 0 Å². The second-order valence-electron chi connectivity index (χ2n) is 1.84. The summed E-state index contributed by atoms with van der Waals surface area (Å²) in [7, 11) is 0. The van der Waals surface area contributed by atoms with E-state index >= 15 is 0 Å². The standard InChI is InChI=1S/C5H8INS/c1-4(2)5(6)7-3-8/h4-5H,1-2H3. The topological polar surface area (TPSA) is 12.4 Å². The van der Waals surface area contributed by atoms with Crippen molar-refractivity contribution in [1.82, 2.24) is 0 Å². The Morgan fingerprint density at radius 3 is 2.25 bits per heavy atom. The number of alkyl halides is 1. The first-order valence-electron chi connectivity index (χ1n) is 2.39. The Bertz CT molecular complexity index is 107. The van der Waals surface area contributed by atoms with Crippen molar-refractivity contribution in [2.24, 2.45) is 10.9 Å². The van der Waals surface area contributed by atoms with E-state index < -0.39 is 0 Å². The highest BCUT2D eigenvalue weighted by atomic mass is 127. The number of hydrogen-bond acceptors (Lipinski definition) is 2. The van der Waals surface area contributed by atoms with Crippen LogP contribution < -0.4 is 0 Å². The van der Waals surface area contributed by atoms with Crippen molar-refractivity contribution in [1.29, 1.82) is 0 Å². The first-order chi connectivity index (χ1) is 3.68. The Morgan fingerprint density at radius 1 is 1.62 bits per heavy atom. The fourth-order valence-corrected chi connectivity index (χ4v) is 0.641. The average Bonchev–Trinajstić information content (AvgIpc) is 1.67. The molecule has 0 saturated heterocycles. The summed E-state index contributed by atoms with van der Waals surface area (Å²) < 4.78 is 0.296. The molecule has 8 heavy (non-hydrogen) atoms. The van der Waals surface area contributed by atoms with E-state index in [0.29, 0.717) is 9.97 Å². The number of aliphatic imine (C=N–C) groups is 1. The molecule has 0 aliphatic heterocycles. The normalized spacial score (nSPS) is 13.0. The summed E-state index contributed by atoms with van der Waals surface area (Å²) in [5.74, 6) is 0.561. The van der Waals surface area contributed by atoms with Crippen LogP contribution in [0.5, 0.6) is 0 Å². The van der Waals surface area contributed by atoms with E-state index in [0.717, 1.165) is 0 Å². The molecule has 0 aromatic heterocycles. The first-order valence-corrected chi connectivity index (χ1v) is 4.05. The van der Waals surface area contributed by atoms with Gasteiger partial charge >= 0.3 is 0 Å². The van der Waals surface area contributed by atoms with Gasteiger partial charge in [0.2, 0.25) is 0 Å². The van der Waals surface area contributed by atoms with Crippen LogP contribution in [0.1, 0.15) is 13.8 Å². The van der Waals surface area contributed by atoms with Gasteiger partial charge in [0, 0.05) is 0 Å². The molecule has 0 bridgehead atoms. The van der Waals surface area contributed by atoms with Gasteiger partial charge in [0.15, 0.2) is 0 Å². The van der Waals surface area contributed by atoms with Gasteiger partial charge in [-0.3, -0.25) is 0 Å². The monoisotopic (exact) mass is 241 g/mol. The molecule has 1 atom stereocenters. The molecule has 0 spiro atoms. The van der Waals surface area contributed by atoms with Crippen LogP contribution in [0, 0.1) is 5.92 Å². The third kappa shape index (κ3) is 3.52. The fourth-order valence-electron chi connectivity index (χ4n) is 0.199. The van der Waals surface area contributed by atoms with E-state index in [1.807, 2.05) is 0 Å². The second-order valence-corrected chi connectivity index (χ2v) is 3.30. The van der Waals surface area contributed by atoms with E-state index in [2.05, 4.69) is 58.8 Å². The van der Waals surface area contributed by atoms with Crippen LogP contribution in [0.3, 0.4) is 0 Å². The SMILES string of the molecule is CC(C)C(I)N=C=S.